The van der Waals surface area contributed by atoms with Crippen molar-refractivity contribution < 1.29 is 8.42 Å². The molecule has 1 rings (SSSR count). The number of hydrogen-bond acceptors (Lipinski definition) is 5. The topological polar surface area (TPSA) is 95.5 Å². The molecule has 0 aliphatic heterocycles. The van der Waals surface area contributed by atoms with Gasteiger partial charge in [-0.15, -0.1) is 35.3 Å². The van der Waals surface area contributed by atoms with Gasteiger partial charge in [-0.2, -0.15) is 0 Å². The molecule has 0 aliphatic rings. The van der Waals surface area contributed by atoms with E-state index in [9.17, 15) is 8.42 Å². The molecule has 0 aliphatic carbocycles. The minimum Gasteiger partial charge on any atom is -0.357 e. The van der Waals surface area contributed by atoms with E-state index in [2.05, 4.69) is 44.6 Å². The molecule has 0 bridgehead atoms. The lowest BCUT2D eigenvalue weighted by Crippen LogP contribution is -2.38. The van der Waals surface area contributed by atoms with Gasteiger partial charge in [0.2, 0.25) is 10.0 Å². The van der Waals surface area contributed by atoms with E-state index in [1.54, 1.807) is 18.3 Å². The molecule has 10 heteroatoms. The van der Waals surface area contributed by atoms with Crippen molar-refractivity contribution in [2.24, 2.45) is 4.99 Å². The molecule has 7 nitrogen and oxygen atoms in total. The number of halogens is 1. The zero-order valence-corrected chi connectivity index (χ0v) is 19.3. The molecule has 0 atom stereocenters. The van der Waals surface area contributed by atoms with Crippen molar-refractivity contribution in [1.29, 1.82) is 0 Å². The quantitative estimate of drug-likeness (QED) is 0.197. The van der Waals surface area contributed by atoms with Crippen LogP contribution in [0.25, 0.3) is 0 Å². The smallest absolute Gasteiger partial charge is 0.211 e. The Morgan fingerprint density at radius 1 is 1.28 bits per heavy atom. The average Bonchev–Trinajstić information content (AvgIpc) is 3.01. The molecule has 1 aromatic rings. The molecule has 146 valence electrons. The van der Waals surface area contributed by atoms with E-state index >= 15 is 0 Å². The van der Waals surface area contributed by atoms with Gasteiger partial charge in [0.15, 0.2) is 5.96 Å². The second-order valence-electron chi connectivity index (χ2n) is 5.59. The van der Waals surface area contributed by atoms with E-state index in [4.69, 9.17) is 0 Å². The highest BCUT2D eigenvalue weighted by molar-refractivity contribution is 14.0. The number of hydrogen-bond donors (Lipinski definition) is 3. The van der Waals surface area contributed by atoms with E-state index in [0.29, 0.717) is 32.0 Å². The summed E-state index contributed by atoms with van der Waals surface area (Å²) in [5, 5.41) is 9.45. The molecule has 1 heterocycles. The predicted octanol–water partition coefficient (Wildman–Crippen LogP) is 2.27. The first-order valence-corrected chi connectivity index (χ1v) is 10.8. The van der Waals surface area contributed by atoms with Crippen molar-refractivity contribution in [2.45, 2.75) is 46.6 Å². The van der Waals surface area contributed by atoms with Gasteiger partial charge < -0.3 is 10.6 Å². The number of guanidine groups is 1. The number of nitrogens with zero attached hydrogens (tertiary/aromatic N) is 2. The van der Waals surface area contributed by atoms with Crippen molar-refractivity contribution >= 4 is 51.3 Å². The molecule has 0 spiro atoms. The predicted molar refractivity (Wildman–Crippen MR) is 117 cm³/mol. The second kappa shape index (κ2) is 12.8. The van der Waals surface area contributed by atoms with Crippen LogP contribution in [0.2, 0.25) is 0 Å². The fourth-order valence-corrected chi connectivity index (χ4v) is 3.31. The van der Waals surface area contributed by atoms with Crippen molar-refractivity contribution in [3.63, 3.8) is 0 Å². The lowest BCUT2D eigenvalue weighted by atomic mass is 10.2. The van der Waals surface area contributed by atoms with Gasteiger partial charge in [0.1, 0.15) is 5.01 Å². The van der Waals surface area contributed by atoms with Gasteiger partial charge in [-0.3, -0.25) is 0 Å². The zero-order valence-electron chi connectivity index (χ0n) is 15.3. The Kier molecular flexibility index (Phi) is 12.6. The van der Waals surface area contributed by atoms with Crippen molar-refractivity contribution in [2.75, 3.05) is 25.4 Å². The minimum absolute atomic E-state index is 0. The highest BCUT2D eigenvalue weighted by Gasteiger charge is 2.06. The summed E-state index contributed by atoms with van der Waals surface area (Å²) >= 11 is 1.62. The lowest BCUT2D eigenvalue weighted by Gasteiger charge is -2.11. The van der Waals surface area contributed by atoms with Gasteiger partial charge in [0.05, 0.1) is 18.0 Å². The monoisotopic (exact) mass is 503 g/mol. The Bertz CT molecular complexity index is 617. The normalized spacial score (nSPS) is 12.1. The molecule has 3 N–H and O–H groups in total. The molecule has 0 saturated heterocycles. The standard InChI is InChI=1S/C15H29N5O2S2.HI/c1-5-16-15(17-8-7-9-19-24(21,22)6-2)18-10-14-20-13(11-23-14)12(3)4;/h11-12,19H,5-10H2,1-4H3,(H2,16,17,18);1H. The summed E-state index contributed by atoms with van der Waals surface area (Å²) in [6.07, 6.45) is 0.693. The molecular formula is C15H30IN5O2S2. The van der Waals surface area contributed by atoms with Gasteiger partial charge in [-0.05, 0) is 26.2 Å². The van der Waals surface area contributed by atoms with Crippen molar-refractivity contribution in [1.82, 2.24) is 20.3 Å². The number of aromatic nitrogens is 1. The van der Waals surface area contributed by atoms with Crippen molar-refractivity contribution in [3.8, 4) is 0 Å². The number of aliphatic imine (C=N–C) groups is 1. The second-order valence-corrected chi connectivity index (χ2v) is 8.63. The Hall–Kier alpha value is -0.460. The van der Waals surface area contributed by atoms with Crippen LogP contribution in [-0.2, 0) is 16.6 Å². The third-order valence-corrected chi connectivity index (χ3v) is 5.48. The van der Waals surface area contributed by atoms with Crippen LogP contribution < -0.4 is 15.4 Å². The fraction of sp³-hybridized carbons (Fsp3) is 0.733. The van der Waals surface area contributed by atoms with Crippen molar-refractivity contribution in [3.05, 3.63) is 16.1 Å². The Morgan fingerprint density at radius 3 is 2.56 bits per heavy atom. The van der Waals surface area contributed by atoms with Crippen LogP contribution in [0.1, 0.15) is 50.7 Å². The number of thiazole rings is 1. The maximum atomic E-state index is 11.3. The fourth-order valence-electron chi connectivity index (χ4n) is 1.78. The minimum atomic E-state index is -3.11. The maximum absolute atomic E-state index is 11.3. The van der Waals surface area contributed by atoms with E-state index in [-0.39, 0.29) is 29.7 Å². The summed E-state index contributed by atoms with van der Waals surface area (Å²) in [5.74, 6) is 1.26. The summed E-state index contributed by atoms with van der Waals surface area (Å²) in [4.78, 5) is 9.09. The summed E-state index contributed by atoms with van der Waals surface area (Å²) < 4.78 is 25.2. The van der Waals surface area contributed by atoms with Gasteiger partial charge in [0, 0.05) is 25.0 Å². The zero-order chi connectivity index (χ0) is 18.0. The first kappa shape index (κ1) is 24.5. The Labute approximate surface area is 172 Å². The van der Waals surface area contributed by atoms with Crippen LogP contribution in [0, 0.1) is 0 Å². The molecule has 25 heavy (non-hydrogen) atoms. The third-order valence-electron chi connectivity index (χ3n) is 3.23. The van der Waals surface area contributed by atoms with E-state index < -0.39 is 10.0 Å². The molecule has 0 saturated carbocycles. The third kappa shape index (κ3) is 10.3. The van der Waals surface area contributed by atoms with E-state index in [1.807, 2.05) is 6.92 Å². The largest absolute Gasteiger partial charge is 0.357 e. The SMILES string of the molecule is CCNC(=NCc1nc(C(C)C)cs1)NCCCNS(=O)(=O)CC.I. The van der Waals surface area contributed by atoms with Gasteiger partial charge in [-0.25, -0.2) is 23.1 Å². The van der Waals surface area contributed by atoms with Crippen LogP contribution in [-0.4, -0.2) is 44.7 Å². The molecule has 0 radical (unpaired) electrons. The van der Waals surface area contributed by atoms with Crippen LogP contribution in [0.4, 0.5) is 0 Å². The van der Waals surface area contributed by atoms with Crippen LogP contribution >= 0.6 is 35.3 Å². The molecular weight excluding hydrogens is 473 g/mol. The van der Waals surface area contributed by atoms with E-state index in [0.717, 1.165) is 23.2 Å². The van der Waals surface area contributed by atoms with Gasteiger partial charge in [0.25, 0.3) is 0 Å². The summed E-state index contributed by atoms with van der Waals surface area (Å²) in [5.41, 5.74) is 1.10. The molecule has 0 fully saturated rings. The summed E-state index contributed by atoms with van der Waals surface area (Å²) in [6, 6.07) is 0. The van der Waals surface area contributed by atoms with Gasteiger partial charge >= 0.3 is 0 Å². The average molecular weight is 503 g/mol. The first-order valence-electron chi connectivity index (χ1n) is 8.31. The Balaban J connectivity index is 0.00000576. The molecule has 1 aromatic heterocycles. The maximum Gasteiger partial charge on any atom is 0.211 e. The number of rotatable bonds is 10. The molecule has 0 aromatic carbocycles. The van der Waals surface area contributed by atoms with Crippen LogP contribution in [0.15, 0.2) is 10.4 Å². The number of sulfonamides is 1. The highest BCUT2D eigenvalue weighted by Crippen LogP contribution is 2.18. The van der Waals surface area contributed by atoms with Gasteiger partial charge in [-0.1, -0.05) is 13.8 Å². The summed E-state index contributed by atoms with van der Waals surface area (Å²) in [6.45, 7) is 10.3. The molecule has 0 amide bonds. The molecule has 0 unspecified atom stereocenters. The number of nitrogens with one attached hydrogen (secondary N) is 3. The van der Waals surface area contributed by atoms with Crippen LogP contribution in [0.5, 0.6) is 0 Å². The van der Waals surface area contributed by atoms with Crippen LogP contribution in [0.3, 0.4) is 0 Å². The summed E-state index contributed by atoms with van der Waals surface area (Å²) in [7, 11) is -3.11. The lowest BCUT2D eigenvalue weighted by molar-refractivity contribution is 0.579. The Morgan fingerprint density at radius 2 is 2.00 bits per heavy atom. The highest BCUT2D eigenvalue weighted by atomic mass is 127. The van der Waals surface area contributed by atoms with E-state index in [1.165, 1.54) is 0 Å². The first-order chi connectivity index (χ1) is 11.4.